The summed E-state index contributed by atoms with van der Waals surface area (Å²) < 4.78 is 81.7. The predicted molar refractivity (Wildman–Crippen MR) is 382 cm³/mol. The smallest absolute Gasteiger partial charge is 0.316 e. The lowest BCUT2D eigenvalue weighted by Gasteiger charge is -2.34. The van der Waals surface area contributed by atoms with Crippen molar-refractivity contribution in [2.75, 3.05) is 7.11 Å². The van der Waals surface area contributed by atoms with Crippen LogP contribution in [0.5, 0.6) is 0 Å². The molecule has 10 heterocycles. The lowest BCUT2D eigenvalue weighted by Crippen LogP contribution is -2.45. The second-order valence-corrected chi connectivity index (χ2v) is 37.5. The van der Waals surface area contributed by atoms with E-state index in [1.165, 1.54) is 7.11 Å². The molecule has 33 unspecified atom stereocenters. The van der Waals surface area contributed by atoms with E-state index in [0.29, 0.717) is 61.7 Å². The van der Waals surface area contributed by atoms with E-state index in [-0.39, 0.29) is 192 Å². The Labute approximate surface area is 648 Å². The van der Waals surface area contributed by atoms with Gasteiger partial charge in [-0.3, -0.25) is 62.3 Å². The summed E-state index contributed by atoms with van der Waals surface area (Å²) in [5.74, 6) is -3.23. The summed E-state index contributed by atoms with van der Waals surface area (Å²) >= 11 is 0. The number of hydrogen-bond donors (Lipinski definition) is 0. The SMILES string of the molecule is CCC(C)(C)C(=O)OC1C2CC3C(=O)OC1C3O2.CCC(C)(C)C(=O)OC1C2CC3C1OC(=O)C3C2C(=O)OC.CCC(C)(C)C(=O)OC1C2CC3OC(=O)C1(C)C3C2.CCC(C)(C)C(=O)OC1C2CC3OC(=O)C1C3C2.CCC(C)C(=O)OC1C2CC3C(=O)OC1C3O2.CCC(C)C(=O)OC1C2CC3OC(=O)C1C3C2. The molecular formula is C83H116O28. The van der Waals surface area contributed by atoms with Crippen molar-refractivity contribution in [1.82, 2.24) is 0 Å². The molecule has 111 heavy (non-hydrogen) atoms. The van der Waals surface area contributed by atoms with Crippen LogP contribution in [0.4, 0.5) is 0 Å². The van der Waals surface area contributed by atoms with Gasteiger partial charge in [0.1, 0.15) is 78.3 Å². The Balaban J connectivity index is 0.000000117. The Bertz CT molecular complexity index is 3700. The number of carbonyl (C=O) groups excluding carboxylic acids is 13. The molecule has 28 heteroatoms. The van der Waals surface area contributed by atoms with Crippen molar-refractivity contribution in [3.63, 3.8) is 0 Å². The maximum atomic E-state index is 12.4. The molecule has 0 radical (unpaired) electrons. The number of ether oxygens (including phenoxy) is 15. The zero-order valence-electron chi connectivity index (χ0n) is 67.5. The maximum absolute atomic E-state index is 12.4. The number of fused-ring (bicyclic) bond motifs is 6. The first-order valence-electron chi connectivity index (χ1n) is 41.1. The van der Waals surface area contributed by atoms with E-state index in [9.17, 15) is 62.3 Å². The Kier molecular flexibility index (Phi) is 22.4. The van der Waals surface area contributed by atoms with Gasteiger partial charge in [0.25, 0.3) is 0 Å². The molecule has 18 rings (SSSR count). The summed E-state index contributed by atoms with van der Waals surface area (Å²) in [4.78, 5) is 155. The summed E-state index contributed by atoms with van der Waals surface area (Å²) in [6.07, 6.45) is 8.08. The van der Waals surface area contributed by atoms with Crippen LogP contribution in [0.25, 0.3) is 0 Å². The van der Waals surface area contributed by atoms with Gasteiger partial charge in [-0.05, 0) is 159 Å². The van der Waals surface area contributed by atoms with Gasteiger partial charge < -0.3 is 71.1 Å². The van der Waals surface area contributed by atoms with Crippen molar-refractivity contribution >= 4 is 77.6 Å². The van der Waals surface area contributed by atoms with Gasteiger partial charge in [0.05, 0.1) is 76.5 Å². The first-order chi connectivity index (χ1) is 52.2. The van der Waals surface area contributed by atoms with Gasteiger partial charge in [-0.1, -0.05) is 55.4 Å². The lowest BCUT2D eigenvalue weighted by atomic mass is 9.73. The van der Waals surface area contributed by atoms with Crippen LogP contribution in [0.1, 0.15) is 214 Å². The molecule has 18 fully saturated rings. The molecule has 10 saturated heterocycles. The normalized spacial score (nSPS) is 41.8. The molecule has 0 aromatic rings. The second kappa shape index (κ2) is 30.3. The number of rotatable bonds is 19. The first kappa shape index (κ1) is 82.0. The Morgan fingerprint density at radius 3 is 1.24 bits per heavy atom. The summed E-state index contributed by atoms with van der Waals surface area (Å²) in [7, 11) is 1.31. The number of esters is 13. The second-order valence-electron chi connectivity index (χ2n) is 37.5. The van der Waals surface area contributed by atoms with Crippen molar-refractivity contribution in [2.24, 2.45) is 122 Å². The van der Waals surface area contributed by atoms with Crippen LogP contribution >= 0.6 is 0 Å². The minimum atomic E-state index is -0.604. The summed E-state index contributed by atoms with van der Waals surface area (Å²) in [6, 6.07) is 0. The molecule has 12 bridgehead atoms. The van der Waals surface area contributed by atoms with Crippen molar-refractivity contribution in [3.05, 3.63) is 0 Å². The fourth-order valence-electron chi connectivity index (χ4n) is 20.6. The molecule has 8 aliphatic carbocycles. The quantitative estimate of drug-likeness (QED) is 0.0860. The molecule has 33 atom stereocenters. The van der Waals surface area contributed by atoms with E-state index in [2.05, 4.69) is 0 Å². The maximum Gasteiger partial charge on any atom is 0.316 e. The Morgan fingerprint density at radius 2 is 0.793 bits per heavy atom. The highest BCUT2D eigenvalue weighted by Gasteiger charge is 2.74. The molecule has 616 valence electrons. The van der Waals surface area contributed by atoms with Crippen LogP contribution in [-0.4, -0.2) is 182 Å². The van der Waals surface area contributed by atoms with Crippen LogP contribution in [-0.2, 0) is 133 Å². The van der Waals surface area contributed by atoms with Crippen molar-refractivity contribution in [2.45, 2.75) is 312 Å². The molecule has 8 saturated carbocycles. The van der Waals surface area contributed by atoms with Gasteiger partial charge in [0.15, 0.2) is 24.4 Å². The number of methoxy groups -OCH3 is 1. The molecule has 18 aliphatic rings. The van der Waals surface area contributed by atoms with Crippen molar-refractivity contribution < 1.29 is 133 Å². The van der Waals surface area contributed by atoms with E-state index in [1.807, 2.05) is 118 Å². The Morgan fingerprint density at radius 1 is 0.396 bits per heavy atom. The van der Waals surface area contributed by atoms with Gasteiger partial charge in [0, 0.05) is 47.3 Å². The van der Waals surface area contributed by atoms with E-state index in [0.717, 1.165) is 64.2 Å². The van der Waals surface area contributed by atoms with Crippen molar-refractivity contribution in [1.29, 1.82) is 0 Å². The highest BCUT2D eigenvalue weighted by molar-refractivity contribution is 5.87. The third-order valence-corrected chi connectivity index (χ3v) is 29.7. The zero-order valence-corrected chi connectivity index (χ0v) is 67.5. The molecule has 28 nitrogen and oxygen atoms in total. The van der Waals surface area contributed by atoms with Gasteiger partial charge in [0.2, 0.25) is 0 Å². The standard InChI is InChI=1S/C16H22O6.C15H22O4.C14H20O4.C13H18O5.C13H18O4.C12H16O5/c1-5-16(2,3)15(19)22-12-7-6-8-10(9(7)13(17)20-4)14(18)21-11(8)12;1-5-14(2,3)12(16)19-11-8-6-9-10(7-8)18-13(17)15(9,11)4;1-4-14(2,3)13(16)18-11-7-5-8-9(6-7)17-12(15)10(8)11;1-4-13(2,3)12(15)18-9-7-5-6-8(16-7)10(9)17-11(6)14;1-3-6(2)12(14)17-11-7-4-8-9(5-7)16-13(15)10(8)11;1-3-5(2)11(13)16-9-7-4-6-8(15-7)10(9)17-12(6)14/h7-12H,5-6H2,1-4H3;8-11H,5-7H2,1-4H3;7-11H,4-6H2,1-3H3;6-10H,4-5H2,1-3H3;6-11H,3-5H2,1-2H3;5-10H,3-4H2,1-2H3. The van der Waals surface area contributed by atoms with E-state index in [1.54, 1.807) is 0 Å². The molecule has 10 aliphatic heterocycles. The van der Waals surface area contributed by atoms with Crippen LogP contribution in [0.3, 0.4) is 0 Å². The molecule has 0 aromatic carbocycles. The van der Waals surface area contributed by atoms with Crippen LogP contribution < -0.4 is 0 Å². The molecular weight excluding hydrogens is 1440 g/mol. The van der Waals surface area contributed by atoms with E-state index >= 15 is 0 Å². The van der Waals surface area contributed by atoms with E-state index in [4.69, 9.17) is 71.1 Å². The number of hydrogen-bond acceptors (Lipinski definition) is 28. The fraction of sp³-hybridized carbons (Fsp3) is 0.843. The third kappa shape index (κ3) is 14.1. The average molecular weight is 1560 g/mol. The largest absolute Gasteiger partial charge is 0.469 e. The lowest BCUT2D eigenvalue weighted by molar-refractivity contribution is -0.173. The van der Waals surface area contributed by atoms with E-state index < -0.39 is 75.4 Å². The third-order valence-electron chi connectivity index (χ3n) is 29.7. The molecule has 0 spiro atoms. The topological polar surface area (TPSA) is 360 Å². The van der Waals surface area contributed by atoms with Gasteiger partial charge in [-0.2, -0.15) is 0 Å². The minimum Gasteiger partial charge on any atom is -0.469 e. The Hall–Kier alpha value is -6.97. The zero-order chi connectivity index (χ0) is 80.7. The van der Waals surface area contributed by atoms with Crippen molar-refractivity contribution in [3.8, 4) is 0 Å². The average Bonchev–Trinajstić information content (AvgIpc) is 1.54. The molecule has 0 aromatic heterocycles. The van der Waals surface area contributed by atoms with Crippen LogP contribution in [0.2, 0.25) is 0 Å². The van der Waals surface area contributed by atoms with Gasteiger partial charge >= 0.3 is 77.6 Å². The minimum absolute atomic E-state index is 0.0378. The summed E-state index contributed by atoms with van der Waals surface area (Å²) in [5.41, 5.74) is -2.66. The predicted octanol–water partition coefficient (Wildman–Crippen LogP) is 8.77. The highest BCUT2D eigenvalue weighted by atomic mass is 16.7. The van der Waals surface area contributed by atoms with Crippen LogP contribution in [0.15, 0.2) is 0 Å². The molecule has 0 N–H and O–H groups in total. The molecule has 0 amide bonds. The summed E-state index contributed by atoms with van der Waals surface area (Å²) in [6.45, 7) is 32.2. The van der Waals surface area contributed by atoms with Crippen LogP contribution in [0, 0.1) is 122 Å². The first-order valence-corrected chi connectivity index (χ1v) is 41.1. The highest BCUT2D eigenvalue weighted by Crippen LogP contribution is 2.64. The monoisotopic (exact) mass is 1560 g/mol. The van der Waals surface area contributed by atoms with Gasteiger partial charge in [-0.15, -0.1) is 0 Å². The number of carbonyl (C=O) groups is 13. The van der Waals surface area contributed by atoms with Gasteiger partial charge in [-0.25, -0.2) is 0 Å². The summed E-state index contributed by atoms with van der Waals surface area (Å²) in [5, 5.41) is 0. The fourth-order valence-corrected chi connectivity index (χ4v) is 20.6.